The van der Waals surface area contributed by atoms with Crippen molar-refractivity contribution in [2.45, 2.75) is 19.4 Å². The lowest BCUT2D eigenvalue weighted by atomic mass is 10.0. The molecule has 2 aromatic rings. The second kappa shape index (κ2) is 8.16. The average Bonchev–Trinajstić information content (AvgIpc) is 3.54. The number of hydrogen-bond donors (Lipinski definition) is 2. The Labute approximate surface area is 163 Å². The molecule has 2 N–H and O–H groups in total. The molecule has 1 saturated carbocycles. The average molecular weight is 385 g/mol. The smallest absolute Gasteiger partial charge is 0.240 e. The van der Waals surface area contributed by atoms with E-state index in [-0.39, 0.29) is 11.8 Å². The number of nitrogens with one attached hydrogen (secondary N) is 2. The van der Waals surface area contributed by atoms with Crippen LogP contribution in [0.3, 0.4) is 0 Å². The summed E-state index contributed by atoms with van der Waals surface area (Å²) in [5, 5.41) is 5.63. The van der Waals surface area contributed by atoms with Gasteiger partial charge in [-0.05, 0) is 30.5 Å². The highest BCUT2D eigenvalue weighted by atomic mass is 16.5. The predicted octanol–water partition coefficient (Wildman–Crippen LogP) is 2.14. The Balaban J connectivity index is 1.71. The molecule has 1 heterocycles. The van der Waals surface area contributed by atoms with Crippen LogP contribution in [0, 0.1) is 5.41 Å². The Morgan fingerprint density at radius 3 is 2.11 bits per heavy atom. The van der Waals surface area contributed by atoms with Crippen LogP contribution in [0.2, 0.25) is 0 Å². The number of amides is 2. The Morgan fingerprint density at radius 1 is 1.00 bits per heavy atom. The summed E-state index contributed by atoms with van der Waals surface area (Å²) in [4.78, 5) is 29.4. The molecule has 3 rings (SSSR count). The van der Waals surface area contributed by atoms with Crippen LogP contribution in [0.4, 0.5) is 5.69 Å². The zero-order chi connectivity index (χ0) is 20.1. The molecular formula is C20H23N3O5. The van der Waals surface area contributed by atoms with Gasteiger partial charge in [-0.25, -0.2) is 0 Å². The second-order valence-corrected chi connectivity index (χ2v) is 6.49. The molecule has 2 amide bonds. The fourth-order valence-corrected chi connectivity index (χ4v) is 2.94. The van der Waals surface area contributed by atoms with Crippen molar-refractivity contribution in [3.63, 3.8) is 0 Å². The van der Waals surface area contributed by atoms with E-state index in [2.05, 4.69) is 15.6 Å². The van der Waals surface area contributed by atoms with Crippen molar-refractivity contribution in [3.8, 4) is 17.2 Å². The Morgan fingerprint density at radius 2 is 1.61 bits per heavy atom. The third-order valence-electron chi connectivity index (χ3n) is 4.74. The number of anilines is 1. The molecule has 1 aliphatic rings. The number of nitrogens with zero attached hydrogens (tertiary/aromatic N) is 1. The minimum absolute atomic E-state index is 0.283. The summed E-state index contributed by atoms with van der Waals surface area (Å²) in [6, 6.07) is 6.89. The number of aromatic nitrogens is 1. The molecule has 1 aromatic carbocycles. The maximum Gasteiger partial charge on any atom is 0.240 e. The lowest BCUT2D eigenvalue weighted by molar-refractivity contribution is -0.134. The fourth-order valence-electron chi connectivity index (χ4n) is 2.94. The van der Waals surface area contributed by atoms with Crippen LogP contribution in [0.1, 0.15) is 18.4 Å². The van der Waals surface area contributed by atoms with Crippen LogP contribution in [-0.2, 0) is 16.1 Å². The molecule has 1 aromatic heterocycles. The minimum Gasteiger partial charge on any atom is -0.493 e. The topological polar surface area (TPSA) is 98.8 Å². The van der Waals surface area contributed by atoms with E-state index >= 15 is 0 Å². The van der Waals surface area contributed by atoms with Gasteiger partial charge in [-0.2, -0.15) is 0 Å². The molecule has 0 aliphatic heterocycles. The van der Waals surface area contributed by atoms with Crippen LogP contribution in [0.15, 0.2) is 36.7 Å². The summed E-state index contributed by atoms with van der Waals surface area (Å²) >= 11 is 0. The van der Waals surface area contributed by atoms with Gasteiger partial charge >= 0.3 is 0 Å². The van der Waals surface area contributed by atoms with Gasteiger partial charge in [0.15, 0.2) is 11.5 Å². The van der Waals surface area contributed by atoms with E-state index in [9.17, 15) is 9.59 Å². The molecule has 28 heavy (non-hydrogen) atoms. The molecule has 8 nitrogen and oxygen atoms in total. The Bertz CT molecular complexity index is 840. The van der Waals surface area contributed by atoms with Crippen LogP contribution < -0.4 is 24.8 Å². The third-order valence-corrected chi connectivity index (χ3v) is 4.74. The van der Waals surface area contributed by atoms with E-state index in [1.54, 1.807) is 24.5 Å². The number of hydrogen-bond acceptors (Lipinski definition) is 6. The normalized spacial score (nSPS) is 14.0. The van der Waals surface area contributed by atoms with E-state index < -0.39 is 5.41 Å². The number of benzene rings is 1. The van der Waals surface area contributed by atoms with Gasteiger partial charge < -0.3 is 24.8 Å². The van der Waals surface area contributed by atoms with E-state index in [4.69, 9.17) is 14.2 Å². The molecule has 1 fully saturated rings. The molecule has 0 spiro atoms. The fraction of sp³-hybridized carbons (Fsp3) is 0.350. The van der Waals surface area contributed by atoms with Gasteiger partial charge in [0.25, 0.3) is 0 Å². The SMILES string of the molecule is COc1cc(NC(=O)C2(C(=O)NCc3ccncc3)CC2)cc(OC)c1OC. The first-order chi connectivity index (χ1) is 13.5. The summed E-state index contributed by atoms with van der Waals surface area (Å²) in [7, 11) is 4.50. The maximum absolute atomic E-state index is 12.8. The Kier molecular flexibility index (Phi) is 5.67. The van der Waals surface area contributed by atoms with Gasteiger partial charge in [-0.15, -0.1) is 0 Å². The van der Waals surface area contributed by atoms with Gasteiger partial charge in [0.1, 0.15) is 5.41 Å². The van der Waals surface area contributed by atoms with Crippen molar-refractivity contribution in [3.05, 3.63) is 42.2 Å². The first-order valence-electron chi connectivity index (χ1n) is 8.82. The van der Waals surface area contributed by atoms with Crippen molar-refractivity contribution >= 4 is 17.5 Å². The summed E-state index contributed by atoms with van der Waals surface area (Å²) in [5.74, 6) is 0.635. The summed E-state index contributed by atoms with van der Waals surface area (Å²) < 4.78 is 15.9. The van der Waals surface area contributed by atoms with Gasteiger partial charge in [-0.3, -0.25) is 14.6 Å². The number of pyridine rings is 1. The molecule has 0 atom stereocenters. The molecule has 0 radical (unpaired) electrons. The van der Waals surface area contributed by atoms with Gasteiger partial charge in [0, 0.05) is 36.8 Å². The number of methoxy groups -OCH3 is 3. The van der Waals surface area contributed by atoms with E-state index in [1.807, 2.05) is 12.1 Å². The van der Waals surface area contributed by atoms with Crippen LogP contribution in [0.5, 0.6) is 17.2 Å². The van der Waals surface area contributed by atoms with E-state index in [0.717, 1.165) is 5.56 Å². The number of carbonyl (C=O) groups excluding carboxylic acids is 2. The van der Waals surface area contributed by atoms with Crippen molar-refractivity contribution in [1.29, 1.82) is 0 Å². The van der Waals surface area contributed by atoms with Crippen LogP contribution in [0.25, 0.3) is 0 Å². The van der Waals surface area contributed by atoms with Gasteiger partial charge in [0.05, 0.1) is 21.3 Å². The van der Waals surface area contributed by atoms with Crippen molar-refractivity contribution in [2.24, 2.45) is 5.41 Å². The summed E-state index contributed by atoms with van der Waals surface area (Å²) in [6.07, 6.45) is 4.33. The highest BCUT2D eigenvalue weighted by Crippen LogP contribution is 2.47. The number of rotatable bonds is 8. The molecule has 0 unspecified atom stereocenters. The summed E-state index contributed by atoms with van der Waals surface area (Å²) in [6.45, 7) is 0.348. The van der Waals surface area contributed by atoms with Crippen molar-refractivity contribution in [1.82, 2.24) is 10.3 Å². The maximum atomic E-state index is 12.8. The lowest BCUT2D eigenvalue weighted by Gasteiger charge is -2.18. The highest BCUT2D eigenvalue weighted by Gasteiger charge is 2.56. The Hall–Kier alpha value is -3.29. The van der Waals surface area contributed by atoms with Crippen molar-refractivity contribution < 1.29 is 23.8 Å². The van der Waals surface area contributed by atoms with Gasteiger partial charge in [-0.1, -0.05) is 0 Å². The zero-order valence-corrected chi connectivity index (χ0v) is 16.1. The molecule has 1 aliphatic carbocycles. The first-order valence-corrected chi connectivity index (χ1v) is 8.82. The highest BCUT2D eigenvalue weighted by molar-refractivity contribution is 6.13. The largest absolute Gasteiger partial charge is 0.493 e. The molecule has 0 bridgehead atoms. The molecule has 148 valence electrons. The predicted molar refractivity (Wildman–Crippen MR) is 102 cm³/mol. The molecule has 0 saturated heterocycles. The second-order valence-electron chi connectivity index (χ2n) is 6.49. The molecule has 8 heteroatoms. The van der Waals surface area contributed by atoms with Crippen LogP contribution in [-0.4, -0.2) is 38.1 Å². The zero-order valence-electron chi connectivity index (χ0n) is 16.1. The summed E-state index contributed by atoms with van der Waals surface area (Å²) in [5.41, 5.74) is 0.338. The number of carbonyl (C=O) groups is 2. The first kappa shape index (κ1) is 19.5. The van der Waals surface area contributed by atoms with E-state index in [1.165, 1.54) is 21.3 Å². The monoisotopic (exact) mass is 385 g/mol. The minimum atomic E-state index is -1.05. The number of ether oxygens (including phenoxy) is 3. The van der Waals surface area contributed by atoms with Crippen LogP contribution >= 0.6 is 0 Å². The van der Waals surface area contributed by atoms with E-state index in [0.29, 0.717) is 42.3 Å². The quantitative estimate of drug-likeness (QED) is 0.676. The molecular weight excluding hydrogens is 362 g/mol. The van der Waals surface area contributed by atoms with Gasteiger partial charge in [0.2, 0.25) is 17.6 Å². The standard InChI is InChI=1S/C20H23N3O5/c1-26-15-10-14(11-16(27-2)17(15)28-3)23-19(25)20(6-7-20)18(24)22-12-13-4-8-21-9-5-13/h4-5,8-11H,6-7,12H2,1-3H3,(H,22,24)(H,23,25). The lowest BCUT2D eigenvalue weighted by Crippen LogP contribution is -2.39. The third kappa shape index (κ3) is 3.85. The van der Waals surface area contributed by atoms with Crippen molar-refractivity contribution in [2.75, 3.05) is 26.6 Å².